The van der Waals surface area contributed by atoms with Crippen LogP contribution in [-0.2, 0) is 11.3 Å². The highest BCUT2D eigenvalue weighted by Crippen LogP contribution is 2.19. The van der Waals surface area contributed by atoms with Crippen LogP contribution in [-0.4, -0.2) is 37.0 Å². The first-order valence-electron chi connectivity index (χ1n) is 8.13. The molecule has 122 valence electrons. The van der Waals surface area contributed by atoms with Gasteiger partial charge in [0.05, 0.1) is 5.92 Å². The van der Waals surface area contributed by atoms with Gasteiger partial charge < -0.3 is 11.1 Å². The minimum Gasteiger partial charge on any atom is -0.356 e. The molecular formula is C17H26FN3O. The third-order valence-corrected chi connectivity index (χ3v) is 4.10. The molecule has 1 aliphatic rings. The molecule has 4 nitrogen and oxygen atoms in total. The molecule has 1 unspecified atom stereocenters. The summed E-state index contributed by atoms with van der Waals surface area (Å²) in [4.78, 5) is 14.4. The van der Waals surface area contributed by atoms with E-state index in [0.717, 1.165) is 44.3 Å². The van der Waals surface area contributed by atoms with Crippen molar-refractivity contribution in [3.63, 3.8) is 0 Å². The number of nitrogens with two attached hydrogens (primary N) is 1. The van der Waals surface area contributed by atoms with Gasteiger partial charge in [-0.3, -0.25) is 9.69 Å². The molecular weight excluding hydrogens is 281 g/mol. The smallest absolute Gasteiger partial charge is 0.224 e. The summed E-state index contributed by atoms with van der Waals surface area (Å²) in [6.45, 7) is 3.79. The zero-order chi connectivity index (χ0) is 15.8. The molecule has 1 aliphatic heterocycles. The first-order valence-corrected chi connectivity index (χ1v) is 8.13. The first kappa shape index (κ1) is 16.9. The average Bonchev–Trinajstić information content (AvgIpc) is 2.52. The lowest BCUT2D eigenvalue weighted by molar-refractivity contribution is -0.126. The molecule has 0 spiro atoms. The van der Waals surface area contributed by atoms with E-state index in [0.29, 0.717) is 19.6 Å². The number of likely N-dealkylation sites (tertiary alicyclic amines) is 1. The van der Waals surface area contributed by atoms with E-state index in [1.165, 1.54) is 6.07 Å². The van der Waals surface area contributed by atoms with Crippen molar-refractivity contribution >= 4 is 5.91 Å². The molecule has 3 N–H and O–H groups in total. The fourth-order valence-corrected chi connectivity index (χ4v) is 2.93. The molecule has 0 radical (unpaired) electrons. The van der Waals surface area contributed by atoms with Crippen LogP contribution in [0, 0.1) is 11.7 Å². The Kier molecular flexibility index (Phi) is 6.80. The zero-order valence-corrected chi connectivity index (χ0v) is 13.1. The van der Waals surface area contributed by atoms with E-state index in [-0.39, 0.29) is 17.6 Å². The van der Waals surface area contributed by atoms with E-state index in [4.69, 9.17) is 5.73 Å². The summed E-state index contributed by atoms with van der Waals surface area (Å²) >= 11 is 0. The van der Waals surface area contributed by atoms with Crippen LogP contribution >= 0.6 is 0 Å². The third kappa shape index (κ3) is 5.39. The predicted octanol–water partition coefficient (Wildman–Crippen LogP) is 1.89. The SMILES string of the molecule is NCCCCNC(=O)C1CCCN(Cc2cccc(F)c2)C1. The number of carbonyl (C=O) groups is 1. The number of carbonyl (C=O) groups excluding carboxylic acids is 1. The lowest BCUT2D eigenvalue weighted by Gasteiger charge is -2.32. The summed E-state index contributed by atoms with van der Waals surface area (Å²) < 4.78 is 13.2. The van der Waals surface area contributed by atoms with Crippen molar-refractivity contribution in [3.8, 4) is 0 Å². The summed E-state index contributed by atoms with van der Waals surface area (Å²) in [7, 11) is 0. The second kappa shape index (κ2) is 8.86. The van der Waals surface area contributed by atoms with Crippen LogP contribution in [0.15, 0.2) is 24.3 Å². The molecule has 1 heterocycles. The minimum absolute atomic E-state index is 0.0418. The average molecular weight is 307 g/mol. The second-order valence-corrected chi connectivity index (χ2v) is 5.99. The second-order valence-electron chi connectivity index (χ2n) is 5.99. The minimum atomic E-state index is -0.205. The van der Waals surface area contributed by atoms with E-state index < -0.39 is 0 Å². The Hall–Kier alpha value is -1.46. The van der Waals surface area contributed by atoms with Crippen molar-refractivity contribution in [2.75, 3.05) is 26.2 Å². The molecule has 22 heavy (non-hydrogen) atoms. The number of unbranched alkanes of at least 4 members (excludes halogenated alkanes) is 1. The third-order valence-electron chi connectivity index (χ3n) is 4.10. The van der Waals surface area contributed by atoms with Gasteiger partial charge in [0.15, 0.2) is 0 Å². The monoisotopic (exact) mass is 307 g/mol. The van der Waals surface area contributed by atoms with E-state index in [2.05, 4.69) is 10.2 Å². The highest BCUT2D eigenvalue weighted by Gasteiger charge is 2.25. The summed E-state index contributed by atoms with van der Waals surface area (Å²) in [5, 5.41) is 3.00. The van der Waals surface area contributed by atoms with Crippen LogP contribution in [0.1, 0.15) is 31.2 Å². The Morgan fingerprint density at radius 1 is 1.41 bits per heavy atom. The van der Waals surface area contributed by atoms with Crippen LogP contribution in [0.3, 0.4) is 0 Å². The van der Waals surface area contributed by atoms with E-state index in [9.17, 15) is 9.18 Å². The van der Waals surface area contributed by atoms with Crippen molar-refractivity contribution in [1.82, 2.24) is 10.2 Å². The summed E-state index contributed by atoms with van der Waals surface area (Å²) in [6.07, 6.45) is 3.82. The maximum absolute atomic E-state index is 13.2. The van der Waals surface area contributed by atoms with Crippen molar-refractivity contribution in [1.29, 1.82) is 0 Å². The standard InChI is InChI=1S/C17H26FN3O/c18-16-7-3-5-14(11-16)12-21-10-4-6-15(13-21)17(22)20-9-2-1-8-19/h3,5,7,11,15H,1-2,4,6,8-10,12-13,19H2,(H,20,22). The van der Waals surface area contributed by atoms with Gasteiger partial charge in [0.1, 0.15) is 5.82 Å². The van der Waals surface area contributed by atoms with Crippen LogP contribution in [0.5, 0.6) is 0 Å². The number of nitrogens with zero attached hydrogens (tertiary/aromatic N) is 1. The van der Waals surface area contributed by atoms with Gasteiger partial charge in [-0.15, -0.1) is 0 Å². The molecule has 1 saturated heterocycles. The highest BCUT2D eigenvalue weighted by molar-refractivity contribution is 5.78. The summed E-state index contributed by atoms with van der Waals surface area (Å²) in [5.74, 6) is -0.0233. The zero-order valence-electron chi connectivity index (χ0n) is 13.1. The topological polar surface area (TPSA) is 58.4 Å². The van der Waals surface area contributed by atoms with Crippen LogP contribution in [0.25, 0.3) is 0 Å². The Morgan fingerprint density at radius 3 is 3.05 bits per heavy atom. The van der Waals surface area contributed by atoms with Crippen molar-refractivity contribution in [3.05, 3.63) is 35.6 Å². The molecule has 1 atom stereocenters. The van der Waals surface area contributed by atoms with E-state index in [1.54, 1.807) is 12.1 Å². The molecule has 1 aromatic rings. The largest absolute Gasteiger partial charge is 0.356 e. The molecule has 0 saturated carbocycles. The van der Waals surface area contributed by atoms with Crippen LogP contribution in [0.2, 0.25) is 0 Å². The van der Waals surface area contributed by atoms with Gasteiger partial charge in [-0.05, 0) is 56.5 Å². The lowest BCUT2D eigenvalue weighted by atomic mass is 9.96. The Bertz CT molecular complexity index is 481. The number of rotatable bonds is 7. The van der Waals surface area contributed by atoms with E-state index in [1.807, 2.05) is 6.07 Å². The molecule has 1 amide bonds. The number of benzene rings is 1. The van der Waals surface area contributed by atoms with Crippen LogP contribution in [0.4, 0.5) is 4.39 Å². The number of piperidine rings is 1. The fraction of sp³-hybridized carbons (Fsp3) is 0.588. The first-order chi connectivity index (χ1) is 10.7. The van der Waals surface area contributed by atoms with Gasteiger partial charge in [0.2, 0.25) is 5.91 Å². The molecule has 2 rings (SSSR count). The van der Waals surface area contributed by atoms with Crippen molar-refractivity contribution in [2.45, 2.75) is 32.2 Å². The molecule has 1 aromatic carbocycles. The lowest BCUT2D eigenvalue weighted by Crippen LogP contribution is -2.42. The predicted molar refractivity (Wildman–Crippen MR) is 85.7 cm³/mol. The molecule has 0 aliphatic carbocycles. The maximum atomic E-state index is 13.2. The number of hydrogen-bond acceptors (Lipinski definition) is 3. The van der Waals surface area contributed by atoms with Gasteiger partial charge in [-0.1, -0.05) is 12.1 Å². The highest BCUT2D eigenvalue weighted by atomic mass is 19.1. The maximum Gasteiger partial charge on any atom is 0.224 e. The van der Waals surface area contributed by atoms with Crippen molar-refractivity contribution in [2.24, 2.45) is 11.7 Å². The fourth-order valence-electron chi connectivity index (χ4n) is 2.93. The van der Waals surface area contributed by atoms with Gasteiger partial charge in [0.25, 0.3) is 0 Å². The Labute approximate surface area is 131 Å². The van der Waals surface area contributed by atoms with E-state index >= 15 is 0 Å². The number of amides is 1. The van der Waals surface area contributed by atoms with Gasteiger partial charge in [0, 0.05) is 19.6 Å². The number of nitrogens with one attached hydrogen (secondary N) is 1. The number of hydrogen-bond donors (Lipinski definition) is 2. The van der Waals surface area contributed by atoms with Crippen molar-refractivity contribution < 1.29 is 9.18 Å². The normalized spacial score (nSPS) is 19.1. The van der Waals surface area contributed by atoms with Crippen LogP contribution < -0.4 is 11.1 Å². The van der Waals surface area contributed by atoms with Gasteiger partial charge >= 0.3 is 0 Å². The Morgan fingerprint density at radius 2 is 2.27 bits per heavy atom. The Balaban J connectivity index is 1.79. The van der Waals surface area contributed by atoms with Gasteiger partial charge in [-0.25, -0.2) is 4.39 Å². The summed E-state index contributed by atoms with van der Waals surface area (Å²) in [5.41, 5.74) is 6.41. The molecule has 0 aromatic heterocycles. The summed E-state index contributed by atoms with van der Waals surface area (Å²) in [6, 6.07) is 6.68. The quantitative estimate of drug-likeness (QED) is 0.756. The molecule has 5 heteroatoms. The molecule has 1 fully saturated rings. The molecule has 0 bridgehead atoms. The van der Waals surface area contributed by atoms with Gasteiger partial charge in [-0.2, -0.15) is 0 Å². The number of halogens is 1.